The monoisotopic (exact) mass is 267 g/mol. The van der Waals surface area contributed by atoms with Crippen LogP contribution in [0.25, 0.3) is 0 Å². The van der Waals surface area contributed by atoms with Crippen LogP contribution in [0.1, 0.15) is 13.8 Å². The van der Waals surface area contributed by atoms with Gasteiger partial charge in [0.15, 0.2) is 5.82 Å². The van der Waals surface area contributed by atoms with Gasteiger partial charge in [0.2, 0.25) is 5.88 Å². The molecule has 0 atom stereocenters. The molecule has 1 fully saturated rings. The highest BCUT2D eigenvalue weighted by Crippen LogP contribution is 2.29. The number of aliphatic carboxylic acids is 1. The topological polar surface area (TPSA) is 84.8 Å². The van der Waals surface area contributed by atoms with E-state index < -0.39 is 11.6 Å². The summed E-state index contributed by atoms with van der Waals surface area (Å²) in [6.45, 7) is 5.20. The fourth-order valence-electron chi connectivity index (χ4n) is 1.96. The van der Waals surface area contributed by atoms with Crippen molar-refractivity contribution in [3.05, 3.63) is 12.4 Å². The van der Waals surface area contributed by atoms with Crippen LogP contribution >= 0.6 is 0 Å². The Morgan fingerprint density at radius 3 is 2.89 bits per heavy atom. The fourth-order valence-corrected chi connectivity index (χ4v) is 1.96. The Balaban J connectivity index is 1.92. The first kappa shape index (κ1) is 13.5. The summed E-state index contributed by atoms with van der Waals surface area (Å²) in [5.41, 5.74) is -0.443. The molecule has 0 radical (unpaired) electrons. The van der Waals surface area contributed by atoms with Gasteiger partial charge in [-0.15, -0.1) is 0 Å². The van der Waals surface area contributed by atoms with E-state index in [1.54, 1.807) is 12.4 Å². The van der Waals surface area contributed by atoms with Gasteiger partial charge < -0.3 is 19.5 Å². The van der Waals surface area contributed by atoms with Crippen molar-refractivity contribution in [3.63, 3.8) is 0 Å². The van der Waals surface area contributed by atoms with Crippen molar-refractivity contribution < 1.29 is 19.4 Å². The summed E-state index contributed by atoms with van der Waals surface area (Å²) >= 11 is 0. The first-order chi connectivity index (χ1) is 9.02. The third kappa shape index (κ3) is 3.31. The Bertz CT molecular complexity index is 460. The zero-order valence-electron chi connectivity index (χ0n) is 11.0. The van der Waals surface area contributed by atoms with Crippen LogP contribution in [0.15, 0.2) is 12.4 Å². The summed E-state index contributed by atoms with van der Waals surface area (Å²) in [5.74, 6) is 0.236. The Labute approximate surface area is 111 Å². The summed E-state index contributed by atoms with van der Waals surface area (Å²) in [6.07, 6.45) is 3.21. The SMILES string of the molecule is CCOc1cncc(N2CC(C)(OCC(=O)O)C2)n1. The van der Waals surface area contributed by atoms with E-state index in [0.717, 1.165) is 0 Å². The third-order valence-corrected chi connectivity index (χ3v) is 2.81. The van der Waals surface area contributed by atoms with Gasteiger partial charge in [0.05, 0.1) is 32.1 Å². The van der Waals surface area contributed by atoms with Gasteiger partial charge in [-0.05, 0) is 13.8 Å². The highest BCUT2D eigenvalue weighted by molar-refractivity contribution is 5.68. The van der Waals surface area contributed by atoms with Crippen molar-refractivity contribution in [2.45, 2.75) is 19.4 Å². The van der Waals surface area contributed by atoms with Gasteiger partial charge in [-0.25, -0.2) is 4.79 Å². The molecule has 1 aromatic rings. The van der Waals surface area contributed by atoms with E-state index in [0.29, 0.717) is 31.4 Å². The van der Waals surface area contributed by atoms with Crippen LogP contribution in [-0.4, -0.2) is 52.9 Å². The molecule has 0 aromatic carbocycles. The van der Waals surface area contributed by atoms with E-state index >= 15 is 0 Å². The second-order valence-electron chi connectivity index (χ2n) is 4.64. The van der Waals surface area contributed by atoms with Crippen LogP contribution in [0, 0.1) is 0 Å². The number of carboxylic acid groups (broad SMARTS) is 1. The first-order valence-corrected chi connectivity index (χ1v) is 6.08. The van der Waals surface area contributed by atoms with Gasteiger partial charge in [0.1, 0.15) is 12.2 Å². The predicted molar refractivity (Wildman–Crippen MR) is 67.4 cm³/mol. The van der Waals surface area contributed by atoms with Crippen molar-refractivity contribution in [2.24, 2.45) is 0 Å². The lowest BCUT2D eigenvalue weighted by Crippen LogP contribution is -2.62. The molecule has 1 aliphatic rings. The van der Waals surface area contributed by atoms with Crippen LogP contribution < -0.4 is 9.64 Å². The number of carboxylic acids is 1. The van der Waals surface area contributed by atoms with Gasteiger partial charge in [0, 0.05) is 0 Å². The minimum absolute atomic E-state index is 0.283. The predicted octanol–water partition coefficient (Wildman–Crippen LogP) is 0.555. The molecular weight excluding hydrogens is 250 g/mol. The zero-order chi connectivity index (χ0) is 13.9. The summed E-state index contributed by atoms with van der Waals surface area (Å²) in [7, 11) is 0. The molecule has 19 heavy (non-hydrogen) atoms. The smallest absolute Gasteiger partial charge is 0.329 e. The molecule has 1 saturated heterocycles. The maximum atomic E-state index is 10.5. The standard InChI is InChI=1S/C12H17N3O4/c1-3-18-10-5-13-4-9(14-10)15-7-12(2,8-15)19-6-11(16)17/h4-5H,3,6-8H2,1-2H3,(H,16,17). The molecule has 0 aliphatic carbocycles. The summed E-state index contributed by atoms with van der Waals surface area (Å²) < 4.78 is 10.6. The number of aromatic nitrogens is 2. The summed E-state index contributed by atoms with van der Waals surface area (Å²) in [6, 6.07) is 0. The molecule has 0 spiro atoms. The molecule has 7 nitrogen and oxygen atoms in total. The molecule has 0 saturated carbocycles. The van der Waals surface area contributed by atoms with E-state index in [2.05, 4.69) is 9.97 Å². The van der Waals surface area contributed by atoms with E-state index in [9.17, 15) is 4.79 Å². The Morgan fingerprint density at radius 2 is 2.26 bits per heavy atom. The van der Waals surface area contributed by atoms with Crippen LogP contribution in [0.5, 0.6) is 5.88 Å². The molecule has 0 amide bonds. The van der Waals surface area contributed by atoms with E-state index in [1.165, 1.54) is 0 Å². The van der Waals surface area contributed by atoms with E-state index in [4.69, 9.17) is 14.6 Å². The molecule has 1 aliphatic heterocycles. The quantitative estimate of drug-likeness (QED) is 0.805. The average Bonchev–Trinajstić information content (AvgIpc) is 2.34. The molecule has 0 unspecified atom stereocenters. The number of nitrogens with zero attached hydrogens (tertiary/aromatic N) is 3. The maximum absolute atomic E-state index is 10.5. The number of anilines is 1. The maximum Gasteiger partial charge on any atom is 0.329 e. The molecule has 1 aromatic heterocycles. The van der Waals surface area contributed by atoms with Crippen LogP contribution in [0.4, 0.5) is 5.82 Å². The van der Waals surface area contributed by atoms with Gasteiger partial charge in [-0.3, -0.25) is 4.98 Å². The van der Waals surface area contributed by atoms with Gasteiger partial charge in [-0.1, -0.05) is 0 Å². The third-order valence-electron chi connectivity index (χ3n) is 2.81. The largest absolute Gasteiger partial charge is 0.480 e. The second kappa shape index (κ2) is 5.40. The molecule has 0 bridgehead atoms. The average molecular weight is 267 g/mol. The second-order valence-corrected chi connectivity index (χ2v) is 4.64. The van der Waals surface area contributed by atoms with E-state index in [1.807, 2.05) is 18.7 Å². The van der Waals surface area contributed by atoms with Crippen molar-refractivity contribution in [1.82, 2.24) is 9.97 Å². The highest BCUT2D eigenvalue weighted by Gasteiger charge is 2.41. The molecule has 7 heteroatoms. The van der Waals surface area contributed by atoms with Gasteiger partial charge in [0.25, 0.3) is 0 Å². The summed E-state index contributed by atoms with van der Waals surface area (Å²) in [4.78, 5) is 20.8. The molecule has 2 rings (SSSR count). The summed E-state index contributed by atoms with van der Waals surface area (Å²) in [5, 5.41) is 8.60. The lowest BCUT2D eigenvalue weighted by atomic mass is 9.96. The Kier molecular flexibility index (Phi) is 3.84. The number of hydrogen-bond acceptors (Lipinski definition) is 6. The fraction of sp³-hybridized carbons (Fsp3) is 0.583. The van der Waals surface area contributed by atoms with Crippen molar-refractivity contribution in [3.8, 4) is 5.88 Å². The number of carbonyl (C=O) groups is 1. The lowest BCUT2D eigenvalue weighted by molar-refractivity contribution is -0.150. The zero-order valence-corrected chi connectivity index (χ0v) is 11.0. The van der Waals surface area contributed by atoms with Gasteiger partial charge >= 0.3 is 5.97 Å². The van der Waals surface area contributed by atoms with Crippen molar-refractivity contribution >= 4 is 11.8 Å². The molecule has 1 N–H and O–H groups in total. The molecule has 104 valence electrons. The van der Waals surface area contributed by atoms with Crippen LogP contribution in [0.3, 0.4) is 0 Å². The lowest BCUT2D eigenvalue weighted by Gasteiger charge is -2.47. The minimum atomic E-state index is -0.960. The molecule has 2 heterocycles. The Morgan fingerprint density at radius 1 is 1.53 bits per heavy atom. The van der Waals surface area contributed by atoms with Crippen molar-refractivity contribution in [1.29, 1.82) is 0 Å². The van der Waals surface area contributed by atoms with Crippen LogP contribution in [-0.2, 0) is 9.53 Å². The number of ether oxygens (including phenoxy) is 2. The normalized spacial score (nSPS) is 16.8. The number of hydrogen-bond donors (Lipinski definition) is 1. The highest BCUT2D eigenvalue weighted by atomic mass is 16.5. The number of rotatable bonds is 6. The minimum Gasteiger partial charge on any atom is -0.480 e. The van der Waals surface area contributed by atoms with E-state index in [-0.39, 0.29) is 6.61 Å². The van der Waals surface area contributed by atoms with Crippen LogP contribution in [0.2, 0.25) is 0 Å². The molecular formula is C12H17N3O4. The Hall–Kier alpha value is -1.89. The van der Waals surface area contributed by atoms with Crippen molar-refractivity contribution in [2.75, 3.05) is 31.2 Å². The van der Waals surface area contributed by atoms with Gasteiger partial charge in [-0.2, -0.15) is 4.98 Å². The first-order valence-electron chi connectivity index (χ1n) is 6.08.